The van der Waals surface area contributed by atoms with Crippen molar-refractivity contribution in [1.82, 2.24) is 10.6 Å². The van der Waals surface area contributed by atoms with Crippen LogP contribution >= 0.6 is 23.2 Å². The van der Waals surface area contributed by atoms with Crippen molar-refractivity contribution in [3.05, 3.63) is 33.8 Å². The van der Waals surface area contributed by atoms with Gasteiger partial charge in [-0.3, -0.25) is 9.59 Å². The first-order valence-corrected chi connectivity index (χ1v) is 8.85. The molecule has 140 valence electrons. The molecule has 0 bridgehead atoms. The molecule has 0 radical (unpaired) electrons. The van der Waals surface area contributed by atoms with Crippen molar-refractivity contribution >= 4 is 42.1 Å². The Hall–Kier alpha value is -1.28. The Morgan fingerprint density at radius 3 is 2.32 bits per heavy atom. The van der Waals surface area contributed by atoms with Crippen LogP contribution in [0.1, 0.15) is 44.5 Å². The van der Waals surface area contributed by atoms with Crippen molar-refractivity contribution in [2.45, 2.75) is 40.1 Å². The van der Waals surface area contributed by atoms with Gasteiger partial charge in [0.2, 0.25) is 5.91 Å². The van der Waals surface area contributed by atoms with Crippen molar-refractivity contribution in [3.63, 3.8) is 0 Å². The Morgan fingerprint density at radius 1 is 1.20 bits per heavy atom. The van der Waals surface area contributed by atoms with E-state index in [4.69, 9.17) is 23.2 Å². The quantitative estimate of drug-likeness (QED) is 0.536. The molecule has 4 N–H and O–H groups in total. The molecule has 0 aliphatic heterocycles. The van der Waals surface area contributed by atoms with Gasteiger partial charge in [-0.25, -0.2) is 0 Å². The van der Waals surface area contributed by atoms with Gasteiger partial charge < -0.3 is 20.7 Å². The minimum Gasteiger partial charge on any atom is -0.426 e. The van der Waals surface area contributed by atoms with Crippen LogP contribution in [0.4, 0.5) is 0 Å². The highest BCUT2D eigenvalue weighted by Crippen LogP contribution is 2.20. The van der Waals surface area contributed by atoms with Crippen molar-refractivity contribution in [2.24, 2.45) is 5.92 Å². The van der Waals surface area contributed by atoms with E-state index >= 15 is 0 Å². The lowest BCUT2D eigenvalue weighted by Crippen LogP contribution is -2.50. The summed E-state index contributed by atoms with van der Waals surface area (Å²) in [6, 6.07) is 4.43. The summed E-state index contributed by atoms with van der Waals surface area (Å²) in [6.45, 7) is 7.47. The average molecular weight is 391 g/mol. The Morgan fingerprint density at radius 2 is 1.80 bits per heavy atom. The number of amides is 2. The van der Waals surface area contributed by atoms with Gasteiger partial charge in [-0.15, -0.1) is 0 Å². The van der Waals surface area contributed by atoms with Crippen LogP contribution in [-0.4, -0.2) is 41.5 Å². The molecular weight excluding hydrogens is 366 g/mol. The predicted octanol–water partition coefficient (Wildman–Crippen LogP) is 2.29. The van der Waals surface area contributed by atoms with E-state index in [0.717, 1.165) is 0 Å². The van der Waals surface area contributed by atoms with Gasteiger partial charge in [-0.2, -0.15) is 0 Å². The van der Waals surface area contributed by atoms with E-state index < -0.39 is 24.9 Å². The maximum atomic E-state index is 12.0. The molecule has 1 aromatic carbocycles. The molecule has 0 spiro atoms. The SMILES string of the molecule is CC.CC(C)CC(NC(=O)CNC(=O)c1cc(Cl)ccc1Cl)B(O)O. The highest BCUT2D eigenvalue weighted by molar-refractivity contribution is 6.43. The van der Waals surface area contributed by atoms with Crippen LogP contribution in [0.25, 0.3) is 0 Å². The van der Waals surface area contributed by atoms with Crippen molar-refractivity contribution in [2.75, 3.05) is 6.54 Å². The van der Waals surface area contributed by atoms with Crippen LogP contribution < -0.4 is 10.6 Å². The minimum atomic E-state index is -1.67. The molecule has 25 heavy (non-hydrogen) atoms. The third-order valence-corrected chi connectivity index (χ3v) is 3.58. The smallest absolute Gasteiger partial charge is 0.426 e. The van der Waals surface area contributed by atoms with Crippen molar-refractivity contribution in [1.29, 1.82) is 0 Å². The van der Waals surface area contributed by atoms with Crippen LogP contribution in [0.3, 0.4) is 0 Å². The van der Waals surface area contributed by atoms with Gasteiger partial charge in [0, 0.05) is 5.02 Å². The Balaban J connectivity index is 0.00000277. The van der Waals surface area contributed by atoms with E-state index in [0.29, 0.717) is 11.4 Å². The molecule has 0 fully saturated rings. The van der Waals surface area contributed by atoms with Crippen LogP contribution in [0, 0.1) is 5.92 Å². The number of rotatable bonds is 7. The number of carbonyl (C=O) groups is 2. The molecule has 1 aromatic rings. The molecule has 0 aliphatic carbocycles. The van der Waals surface area contributed by atoms with Crippen molar-refractivity contribution < 1.29 is 19.6 Å². The zero-order valence-electron chi connectivity index (χ0n) is 14.8. The fourth-order valence-corrected chi connectivity index (χ4v) is 2.32. The molecule has 2 amide bonds. The second-order valence-electron chi connectivity index (χ2n) is 5.52. The van der Waals surface area contributed by atoms with Gasteiger partial charge in [-0.1, -0.05) is 50.9 Å². The normalized spacial score (nSPS) is 11.2. The topological polar surface area (TPSA) is 98.7 Å². The van der Waals surface area contributed by atoms with Gasteiger partial charge in [-0.05, 0) is 30.5 Å². The first kappa shape index (κ1) is 23.7. The molecular formula is C16H25BCl2N2O4. The fourth-order valence-electron chi connectivity index (χ4n) is 1.95. The predicted molar refractivity (Wildman–Crippen MR) is 102 cm³/mol. The van der Waals surface area contributed by atoms with Gasteiger partial charge in [0.25, 0.3) is 5.91 Å². The summed E-state index contributed by atoms with van der Waals surface area (Å²) in [7, 11) is -1.67. The maximum absolute atomic E-state index is 12.0. The Kier molecular flexibility index (Phi) is 11.5. The average Bonchev–Trinajstić information content (AvgIpc) is 2.55. The maximum Gasteiger partial charge on any atom is 0.475 e. The van der Waals surface area contributed by atoms with Gasteiger partial charge in [0.1, 0.15) is 0 Å². The second kappa shape index (κ2) is 12.1. The molecule has 0 saturated carbocycles. The van der Waals surface area contributed by atoms with Crippen LogP contribution in [-0.2, 0) is 4.79 Å². The van der Waals surface area contributed by atoms with E-state index in [1.807, 2.05) is 27.7 Å². The number of benzene rings is 1. The molecule has 1 rings (SSSR count). The first-order valence-electron chi connectivity index (χ1n) is 8.09. The molecule has 1 unspecified atom stereocenters. The molecule has 0 saturated heterocycles. The third-order valence-electron chi connectivity index (χ3n) is 3.01. The van der Waals surface area contributed by atoms with Gasteiger partial charge >= 0.3 is 7.12 Å². The Bertz CT molecular complexity index is 571. The number of halogens is 2. The zero-order valence-corrected chi connectivity index (χ0v) is 16.4. The molecule has 1 atom stereocenters. The van der Waals surface area contributed by atoms with Gasteiger partial charge in [0.15, 0.2) is 0 Å². The zero-order chi connectivity index (χ0) is 19.6. The number of carbonyl (C=O) groups excluding carboxylic acids is 2. The highest BCUT2D eigenvalue weighted by atomic mass is 35.5. The molecule has 9 heteroatoms. The molecule has 6 nitrogen and oxygen atoms in total. The van der Waals surface area contributed by atoms with Crippen molar-refractivity contribution in [3.8, 4) is 0 Å². The van der Waals surface area contributed by atoms with E-state index in [2.05, 4.69) is 10.6 Å². The number of hydrogen-bond acceptors (Lipinski definition) is 4. The van der Waals surface area contributed by atoms with Crippen LogP contribution in [0.2, 0.25) is 10.0 Å². The lowest BCUT2D eigenvalue weighted by Gasteiger charge is -2.19. The lowest BCUT2D eigenvalue weighted by atomic mass is 9.75. The summed E-state index contributed by atoms with van der Waals surface area (Å²) < 4.78 is 0. The van der Waals surface area contributed by atoms with Gasteiger partial charge in [0.05, 0.1) is 23.1 Å². The highest BCUT2D eigenvalue weighted by Gasteiger charge is 2.26. The number of hydrogen-bond donors (Lipinski definition) is 4. The largest absolute Gasteiger partial charge is 0.475 e. The summed E-state index contributed by atoms with van der Waals surface area (Å²) in [5.41, 5.74) is 0.160. The van der Waals surface area contributed by atoms with E-state index in [-0.39, 0.29) is 23.0 Å². The standard InChI is InChI=1S/C14H19BCl2N2O4.C2H6/c1-8(2)5-12(15(22)23)19-13(20)7-18-14(21)10-6-9(16)3-4-11(10)17;1-2/h3-4,6,8,12,22-23H,5,7H2,1-2H3,(H,18,21)(H,19,20);1-2H3. The summed E-state index contributed by atoms with van der Waals surface area (Å²) in [6.07, 6.45) is 0.400. The molecule has 0 aromatic heterocycles. The second-order valence-corrected chi connectivity index (χ2v) is 6.37. The summed E-state index contributed by atoms with van der Waals surface area (Å²) in [5.74, 6) is -1.70. The van der Waals surface area contributed by atoms with E-state index in [1.54, 1.807) is 6.07 Å². The Labute approximate surface area is 159 Å². The van der Waals surface area contributed by atoms with E-state index in [1.165, 1.54) is 12.1 Å². The van der Waals surface area contributed by atoms with Crippen LogP contribution in [0.5, 0.6) is 0 Å². The number of nitrogens with one attached hydrogen (secondary N) is 2. The summed E-state index contributed by atoms with van der Waals surface area (Å²) in [4.78, 5) is 23.8. The van der Waals surface area contributed by atoms with Crippen LogP contribution in [0.15, 0.2) is 18.2 Å². The summed E-state index contributed by atoms with van der Waals surface area (Å²) >= 11 is 11.7. The fraction of sp³-hybridized carbons (Fsp3) is 0.500. The molecule has 0 heterocycles. The lowest BCUT2D eigenvalue weighted by molar-refractivity contribution is -0.120. The minimum absolute atomic E-state index is 0.160. The first-order chi connectivity index (χ1) is 11.7. The van der Waals surface area contributed by atoms with E-state index in [9.17, 15) is 19.6 Å². The third kappa shape index (κ3) is 9.11. The monoisotopic (exact) mass is 390 g/mol. The summed E-state index contributed by atoms with van der Waals surface area (Å²) in [5, 5.41) is 24.0. The molecule has 0 aliphatic rings.